The second-order valence-corrected chi connectivity index (χ2v) is 4.54. The maximum absolute atomic E-state index is 12.2. The highest BCUT2D eigenvalue weighted by atomic mass is 35.5. The zero-order chi connectivity index (χ0) is 12.3. The SMILES string of the molecule is Nc1ccc(C(=O)N2CCCNCC2)cc1Cl. The van der Waals surface area contributed by atoms with Crippen LogP contribution in [-0.2, 0) is 0 Å². The van der Waals surface area contributed by atoms with E-state index in [1.807, 2.05) is 4.90 Å². The average molecular weight is 254 g/mol. The molecule has 4 nitrogen and oxygen atoms in total. The van der Waals surface area contributed by atoms with Crippen molar-refractivity contribution >= 4 is 23.2 Å². The normalized spacial score (nSPS) is 16.6. The van der Waals surface area contributed by atoms with Crippen molar-refractivity contribution in [3.05, 3.63) is 28.8 Å². The van der Waals surface area contributed by atoms with E-state index in [4.69, 9.17) is 17.3 Å². The number of anilines is 1. The summed E-state index contributed by atoms with van der Waals surface area (Å²) in [4.78, 5) is 14.1. The molecule has 1 aromatic rings. The summed E-state index contributed by atoms with van der Waals surface area (Å²) in [5.74, 6) is 0.0237. The Morgan fingerprint density at radius 1 is 1.35 bits per heavy atom. The topological polar surface area (TPSA) is 58.4 Å². The summed E-state index contributed by atoms with van der Waals surface area (Å²) in [6, 6.07) is 5.03. The van der Waals surface area contributed by atoms with Crippen molar-refractivity contribution in [2.24, 2.45) is 0 Å². The van der Waals surface area contributed by atoms with Crippen LogP contribution in [0.5, 0.6) is 0 Å². The van der Waals surface area contributed by atoms with Gasteiger partial charge in [0, 0.05) is 25.2 Å². The molecule has 1 amide bonds. The molecule has 3 N–H and O–H groups in total. The van der Waals surface area contributed by atoms with Gasteiger partial charge >= 0.3 is 0 Å². The average Bonchev–Trinajstić information content (AvgIpc) is 2.60. The fraction of sp³-hybridized carbons (Fsp3) is 0.417. The quantitative estimate of drug-likeness (QED) is 0.743. The van der Waals surface area contributed by atoms with E-state index >= 15 is 0 Å². The number of amides is 1. The number of benzene rings is 1. The third-order valence-corrected chi connectivity index (χ3v) is 3.20. The van der Waals surface area contributed by atoms with Crippen LogP contribution in [-0.4, -0.2) is 37.0 Å². The number of nitrogens with one attached hydrogen (secondary N) is 1. The Morgan fingerprint density at radius 3 is 2.94 bits per heavy atom. The minimum Gasteiger partial charge on any atom is -0.398 e. The van der Waals surface area contributed by atoms with Gasteiger partial charge in [0.1, 0.15) is 0 Å². The summed E-state index contributed by atoms with van der Waals surface area (Å²) in [5.41, 5.74) is 6.73. The highest BCUT2D eigenvalue weighted by molar-refractivity contribution is 6.33. The van der Waals surface area contributed by atoms with Crippen molar-refractivity contribution < 1.29 is 4.79 Å². The van der Waals surface area contributed by atoms with Gasteiger partial charge < -0.3 is 16.0 Å². The molecule has 0 unspecified atom stereocenters. The Labute approximate surface area is 106 Å². The lowest BCUT2D eigenvalue weighted by Crippen LogP contribution is -2.34. The van der Waals surface area contributed by atoms with Crippen LogP contribution in [0.3, 0.4) is 0 Å². The molecule has 0 atom stereocenters. The molecule has 0 spiro atoms. The fourth-order valence-corrected chi connectivity index (χ4v) is 2.07. The van der Waals surface area contributed by atoms with Crippen LogP contribution < -0.4 is 11.1 Å². The first-order valence-corrected chi connectivity index (χ1v) is 6.11. The van der Waals surface area contributed by atoms with Crippen molar-refractivity contribution in [3.63, 3.8) is 0 Å². The van der Waals surface area contributed by atoms with Crippen LogP contribution in [0.2, 0.25) is 5.02 Å². The van der Waals surface area contributed by atoms with Gasteiger partial charge in [0.2, 0.25) is 0 Å². The van der Waals surface area contributed by atoms with E-state index in [0.717, 1.165) is 32.6 Å². The number of hydrogen-bond donors (Lipinski definition) is 2. The second kappa shape index (κ2) is 5.38. The Morgan fingerprint density at radius 2 is 2.18 bits per heavy atom. The number of carbonyl (C=O) groups excluding carboxylic acids is 1. The van der Waals surface area contributed by atoms with Crippen LogP contribution in [0.1, 0.15) is 16.8 Å². The zero-order valence-electron chi connectivity index (χ0n) is 9.58. The first-order valence-electron chi connectivity index (χ1n) is 5.73. The van der Waals surface area contributed by atoms with Gasteiger partial charge in [-0.05, 0) is 31.2 Å². The van der Waals surface area contributed by atoms with E-state index in [2.05, 4.69) is 5.32 Å². The van der Waals surface area contributed by atoms with E-state index < -0.39 is 0 Å². The Balaban J connectivity index is 2.14. The fourth-order valence-electron chi connectivity index (χ4n) is 1.89. The molecule has 5 heteroatoms. The van der Waals surface area contributed by atoms with Gasteiger partial charge in [-0.25, -0.2) is 0 Å². The lowest BCUT2D eigenvalue weighted by atomic mass is 10.1. The number of nitrogens with two attached hydrogens (primary N) is 1. The Hall–Kier alpha value is -1.26. The zero-order valence-corrected chi connectivity index (χ0v) is 10.3. The second-order valence-electron chi connectivity index (χ2n) is 4.13. The molecule has 1 saturated heterocycles. The van der Waals surface area contributed by atoms with Crippen molar-refractivity contribution in [3.8, 4) is 0 Å². The number of hydrogen-bond acceptors (Lipinski definition) is 3. The third kappa shape index (κ3) is 2.90. The standard InChI is InChI=1S/C12H16ClN3O/c13-10-8-9(2-3-11(10)14)12(17)16-6-1-4-15-5-7-16/h2-3,8,15H,1,4-7,14H2. The number of nitrogen functional groups attached to an aromatic ring is 1. The minimum absolute atomic E-state index is 0.0237. The minimum atomic E-state index is 0.0237. The van der Waals surface area contributed by atoms with E-state index in [1.54, 1.807) is 18.2 Å². The van der Waals surface area contributed by atoms with Crippen molar-refractivity contribution in [1.82, 2.24) is 10.2 Å². The van der Waals surface area contributed by atoms with Crippen molar-refractivity contribution in [1.29, 1.82) is 0 Å². The van der Waals surface area contributed by atoms with Gasteiger partial charge in [0.05, 0.1) is 10.7 Å². The Kier molecular flexibility index (Phi) is 3.86. The molecule has 1 heterocycles. The monoisotopic (exact) mass is 253 g/mol. The molecule has 1 aliphatic heterocycles. The molecule has 1 aliphatic rings. The third-order valence-electron chi connectivity index (χ3n) is 2.87. The number of halogens is 1. The van der Waals surface area contributed by atoms with E-state index in [0.29, 0.717) is 16.3 Å². The van der Waals surface area contributed by atoms with E-state index in [9.17, 15) is 4.79 Å². The molecular formula is C12H16ClN3O. The molecule has 0 aromatic heterocycles. The lowest BCUT2D eigenvalue weighted by Gasteiger charge is -2.20. The first-order chi connectivity index (χ1) is 8.18. The van der Waals surface area contributed by atoms with Gasteiger partial charge in [-0.2, -0.15) is 0 Å². The number of carbonyl (C=O) groups is 1. The van der Waals surface area contributed by atoms with Gasteiger partial charge in [-0.15, -0.1) is 0 Å². The summed E-state index contributed by atoms with van der Waals surface area (Å²) in [6.07, 6.45) is 0.981. The molecule has 0 saturated carbocycles. The maximum Gasteiger partial charge on any atom is 0.253 e. The molecule has 1 aromatic carbocycles. The predicted molar refractivity (Wildman–Crippen MR) is 69.3 cm³/mol. The number of nitrogens with zero attached hydrogens (tertiary/aromatic N) is 1. The molecule has 17 heavy (non-hydrogen) atoms. The lowest BCUT2D eigenvalue weighted by molar-refractivity contribution is 0.0766. The van der Waals surface area contributed by atoms with Crippen molar-refractivity contribution in [2.45, 2.75) is 6.42 Å². The molecule has 0 radical (unpaired) electrons. The Bertz CT molecular complexity index is 414. The van der Waals surface area contributed by atoms with Gasteiger partial charge in [0.15, 0.2) is 0 Å². The summed E-state index contributed by atoms with van der Waals surface area (Å²) in [5, 5.41) is 3.70. The summed E-state index contributed by atoms with van der Waals surface area (Å²) >= 11 is 5.92. The van der Waals surface area contributed by atoms with E-state index in [1.165, 1.54) is 0 Å². The summed E-state index contributed by atoms with van der Waals surface area (Å²) in [7, 11) is 0. The van der Waals surface area contributed by atoms with Gasteiger partial charge in [0.25, 0.3) is 5.91 Å². The van der Waals surface area contributed by atoms with E-state index in [-0.39, 0.29) is 5.91 Å². The van der Waals surface area contributed by atoms with Crippen LogP contribution in [0.25, 0.3) is 0 Å². The molecule has 2 rings (SSSR count). The predicted octanol–water partition coefficient (Wildman–Crippen LogP) is 1.36. The van der Waals surface area contributed by atoms with Gasteiger partial charge in [-0.1, -0.05) is 11.6 Å². The van der Waals surface area contributed by atoms with Crippen molar-refractivity contribution in [2.75, 3.05) is 31.9 Å². The van der Waals surface area contributed by atoms with Crippen LogP contribution in [0, 0.1) is 0 Å². The molecular weight excluding hydrogens is 238 g/mol. The highest BCUT2D eigenvalue weighted by Gasteiger charge is 2.17. The molecule has 1 fully saturated rings. The largest absolute Gasteiger partial charge is 0.398 e. The first kappa shape index (κ1) is 12.2. The van der Waals surface area contributed by atoms with Crippen LogP contribution in [0.15, 0.2) is 18.2 Å². The van der Waals surface area contributed by atoms with Gasteiger partial charge in [-0.3, -0.25) is 4.79 Å². The molecule has 0 aliphatic carbocycles. The summed E-state index contributed by atoms with van der Waals surface area (Å²) < 4.78 is 0. The smallest absolute Gasteiger partial charge is 0.253 e. The van der Waals surface area contributed by atoms with Crippen LogP contribution >= 0.6 is 11.6 Å². The van der Waals surface area contributed by atoms with Crippen LogP contribution in [0.4, 0.5) is 5.69 Å². The highest BCUT2D eigenvalue weighted by Crippen LogP contribution is 2.20. The maximum atomic E-state index is 12.2. The molecule has 0 bridgehead atoms. The summed E-state index contributed by atoms with van der Waals surface area (Å²) in [6.45, 7) is 3.33. The number of rotatable bonds is 1. The molecule has 92 valence electrons.